The predicted octanol–water partition coefficient (Wildman–Crippen LogP) is 9.15. The minimum atomic E-state index is -1.40. The van der Waals surface area contributed by atoms with Crippen LogP contribution in [0, 0.1) is 0 Å². The number of carboxylic acid groups (broad SMARTS) is 1. The number of allylic oxidation sites excluding steroid dienone is 11. The molecule has 0 aliphatic heterocycles. The van der Waals surface area contributed by atoms with Crippen LogP contribution in [0.25, 0.3) is 0 Å². The molecule has 0 aliphatic rings. The lowest BCUT2D eigenvalue weighted by Gasteiger charge is -2.15. The van der Waals surface area contributed by atoms with Crippen molar-refractivity contribution >= 4 is 23.8 Å². The summed E-state index contributed by atoms with van der Waals surface area (Å²) in [4.78, 5) is 47.3. The van der Waals surface area contributed by atoms with Gasteiger partial charge >= 0.3 is 11.9 Å². The molecule has 0 aromatic rings. The number of aliphatic hydroxyl groups excluding tert-OH is 1. The van der Waals surface area contributed by atoms with E-state index in [0.717, 1.165) is 96.3 Å². The number of rotatable bonds is 34. The summed E-state index contributed by atoms with van der Waals surface area (Å²) >= 11 is 0. The fraction of sp³-hybridized carbons (Fsp3) is 0.628. The van der Waals surface area contributed by atoms with E-state index in [1.54, 1.807) is 0 Å². The van der Waals surface area contributed by atoms with Crippen molar-refractivity contribution in [1.29, 1.82) is 0 Å². The maximum atomic E-state index is 12.6. The number of amides is 2. The van der Waals surface area contributed by atoms with Gasteiger partial charge in [0.05, 0.1) is 13.2 Å². The Balaban J connectivity index is 4.21. The first-order chi connectivity index (χ1) is 25.3. The van der Waals surface area contributed by atoms with Gasteiger partial charge in [-0.3, -0.25) is 14.4 Å². The van der Waals surface area contributed by atoms with Gasteiger partial charge in [0, 0.05) is 12.8 Å². The van der Waals surface area contributed by atoms with Gasteiger partial charge in [0.2, 0.25) is 11.8 Å². The van der Waals surface area contributed by atoms with Crippen LogP contribution in [0.2, 0.25) is 0 Å². The van der Waals surface area contributed by atoms with Crippen LogP contribution >= 0.6 is 0 Å². The number of hydrogen-bond donors (Lipinski definition) is 4. The number of nitrogens with one attached hydrogen (secondary N) is 2. The SMILES string of the molecule is CC/C=C\C/C=C\C/C=C\C/C=C\CCCCCCCCC(=O)OC(/C=C\C/C=C\CCC)CCCCCCC(=O)NCC(=O)NC(CO)C(=O)O. The van der Waals surface area contributed by atoms with E-state index in [1.807, 2.05) is 6.08 Å². The van der Waals surface area contributed by atoms with Gasteiger partial charge in [-0.25, -0.2) is 4.79 Å². The lowest BCUT2D eigenvalue weighted by Crippen LogP contribution is -2.47. The molecule has 9 nitrogen and oxygen atoms in total. The number of aliphatic carboxylic acids is 1. The molecule has 2 unspecified atom stereocenters. The first kappa shape index (κ1) is 48.3. The molecule has 0 saturated heterocycles. The molecule has 52 heavy (non-hydrogen) atoms. The standard InChI is InChI=1S/C43H70N2O7/c1-3-5-7-9-11-12-13-14-15-16-17-18-19-20-21-22-23-25-31-35-42(49)52-38(32-28-24-10-8-6-4-2)33-29-26-27-30-34-40(47)44-36-41(48)45-39(37-46)43(50)51/h5,7-8,10-12,14-15,17-18,28,32,38-39,46H,3-4,6,9,13,16,19-27,29-31,33-37H2,1-2H3,(H,44,47)(H,45,48)(H,50,51)/b7-5-,10-8-,12-11-,15-14-,18-17-,32-28-. The molecule has 9 heteroatoms. The third kappa shape index (κ3) is 33.4. The van der Waals surface area contributed by atoms with E-state index >= 15 is 0 Å². The van der Waals surface area contributed by atoms with Gasteiger partial charge in [-0.15, -0.1) is 0 Å². The Hall–Kier alpha value is -3.72. The number of carbonyl (C=O) groups is 4. The fourth-order valence-corrected chi connectivity index (χ4v) is 5.13. The van der Waals surface area contributed by atoms with Gasteiger partial charge in [0.1, 0.15) is 12.1 Å². The van der Waals surface area contributed by atoms with Gasteiger partial charge in [-0.2, -0.15) is 0 Å². The zero-order chi connectivity index (χ0) is 38.3. The van der Waals surface area contributed by atoms with E-state index in [1.165, 1.54) is 19.3 Å². The highest BCUT2D eigenvalue weighted by atomic mass is 16.5. The minimum absolute atomic E-state index is 0.148. The third-order valence-electron chi connectivity index (χ3n) is 8.15. The van der Waals surface area contributed by atoms with Gasteiger partial charge in [-0.1, -0.05) is 126 Å². The molecule has 0 aromatic carbocycles. The third-order valence-corrected chi connectivity index (χ3v) is 8.15. The van der Waals surface area contributed by atoms with Crippen molar-refractivity contribution in [2.45, 2.75) is 161 Å². The Labute approximate surface area is 314 Å². The smallest absolute Gasteiger partial charge is 0.328 e. The first-order valence-corrected chi connectivity index (χ1v) is 19.8. The second-order valence-corrected chi connectivity index (χ2v) is 13.0. The van der Waals surface area contributed by atoms with Crippen LogP contribution in [0.4, 0.5) is 0 Å². The Bertz CT molecular complexity index is 1110. The summed E-state index contributed by atoms with van der Waals surface area (Å²) in [6, 6.07) is -1.40. The average molecular weight is 727 g/mol. The van der Waals surface area contributed by atoms with E-state index in [2.05, 4.69) is 91.3 Å². The number of carbonyl (C=O) groups excluding carboxylic acids is 3. The van der Waals surface area contributed by atoms with E-state index in [0.29, 0.717) is 12.8 Å². The maximum Gasteiger partial charge on any atom is 0.328 e. The summed E-state index contributed by atoms with van der Waals surface area (Å²) in [5, 5.41) is 22.5. The molecule has 2 atom stereocenters. The Morgan fingerprint density at radius 1 is 0.615 bits per heavy atom. The predicted molar refractivity (Wildman–Crippen MR) is 213 cm³/mol. The monoisotopic (exact) mass is 727 g/mol. The van der Waals surface area contributed by atoms with Crippen molar-refractivity contribution in [2.24, 2.45) is 0 Å². The Morgan fingerprint density at radius 3 is 1.77 bits per heavy atom. The van der Waals surface area contributed by atoms with Crippen molar-refractivity contribution in [2.75, 3.05) is 13.2 Å². The quantitative estimate of drug-likeness (QED) is 0.0294. The number of ether oxygens (including phenoxy) is 1. The highest BCUT2D eigenvalue weighted by Crippen LogP contribution is 2.14. The minimum Gasteiger partial charge on any atom is -0.480 e. The van der Waals surface area contributed by atoms with Crippen LogP contribution in [-0.4, -0.2) is 59.3 Å². The van der Waals surface area contributed by atoms with Crippen LogP contribution in [0.5, 0.6) is 0 Å². The second kappa shape index (κ2) is 37.1. The van der Waals surface area contributed by atoms with Gasteiger partial charge < -0.3 is 25.6 Å². The van der Waals surface area contributed by atoms with E-state index in [4.69, 9.17) is 14.9 Å². The zero-order valence-corrected chi connectivity index (χ0v) is 32.3. The molecule has 2 amide bonds. The highest BCUT2D eigenvalue weighted by Gasteiger charge is 2.18. The van der Waals surface area contributed by atoms with Gasteiger partial charge in [0.15, 0.2) is 0 Å². The fourth-order valence-electron chi connectivity index (χ4n) is 5.13. The number of carboxylic acids is 1. The Kier molecular flexibility index (Phi) is 34.4. The zero-order valence-electron chi connectivity index (χ0n) is 32.3. The summed E-state index contributed by atoms with van der Waals surface area (Å²) < 4.78 is 5.84. The first-order valence-electron chi connectivity index (χ1n) is 19.8. The summed E-state index contributed by atoms with van der Waals surface area (Å²) in [5.74, 6) is -2.46. The molecule has 0 rings (SSSR count). The van der Waals surface area contributed by atoms with Crippen LogP contribution in [0.3, 0.4) is 0 Å². The summed E-state index contributed by atoms with van der Waals surface area (Å²) in [6.07, 6.45) is 45.3. The van der Waals surface area contributed by atoms with E-state index in [-0.39, 0.29) is 30.9 Å². The van der Waals surface area contributed by atoms with Crippen molar-refractivity contribution in [3.8, 4) is 0 Å². The molecule has 4 N–H and O–H groups in total. The summed E-state index contributed by atoms with van der Waals surface area (Å²) in [6.45, 7) is 3.23. The van der Waals surface area contributed by atoms with Crippen LogP contribution in [0.1, 0.15) is 149 Å². The maximum absolute atomic E-state index is 12.6. The second-order valence-electron chi connectivity index (χ2n) is 13.0. The van der Waals surface area contributed by atoms with Crippen LogP contribution in [-0.2, 0) is 23.9 Å². The highest BCUT2D eigenvalue weighted by molar-refractivity contribution is 5.87. The number of esters is 1. The van der Waals surface area contributed by atoms with E-state index in [9.17, 15) is 19.2 Å². The molecule has 0 bridgehead atoms. The molecule has 0 aliphatic carbocycles. The topological polar surface area (TPSA) is 142 Å². The number of aliphatic hydroxyl groups is 1. The molecule has 0 fully saturated rings. The van der Waals surface area contributed by atoms with Crippen molar-refractivity contribution in [3.63, 3.8) is 0 Å². The molecule has 0 spiro atoms. The normalized spacial score (nSPS) is 13.3. The Morgan fingerprint density at radius 2 is 1.15 bits per heavy atom. The largest absolute Gasteiger partial charge is 0.480 e. The van der Waals surface area contributed by atoms with Crippen molar-refractivity contribution < 1.29 is 34.1 Å². The summed E-state index contributed by atoms with van der Waals surface area (Å²) in [7, 11) is 0. The average Bonchev–Trinajstić information content (AvgIpc) is 3.13. The van der Waals surface area contributed by atoms with Crippen molar-refractivity contribution in [1.82, 2.24) is 10.6 Å². The molecular weight excluding hydrogens is 656 g/mol. The summed E-state index contributed by atoms with van der Waals surface area (Å²) in [5.41, 5.74) is 0. The molecule has 0 saturated carbocycles. The molecular formula is C43H70N2O7. The number of hydrogen-bond acceptors (Lipinski definition) is 6. The lowest BCUT2D eigenvalue weighted by atomic mass is 10.1. The molecule has 0 heterocycles. The van der Waals surface area contributed by atoms with Crippen LogP contribution in [0.15, 0.2) is 72.9 Å². The lowest BCUT2D eigenvalue weighted by molar-refractivity contribution is -0.147. The number of unbranched alkanes of at least 4 members (excludes halogenated alkanes) is 10. The van der Waals surface area contributed by atoms with E-state index < -0.39 is 24.5 Å². The molecule has 0 radical (unpaired) electrons. The van der Waals surface area contributed by atoms with Crippen LogP contribution < -0.4 is 10.6 Å². The molecule has 294 valence electrons. The van der Waals surface area contributed by atoms with Crippen molar-refractivity contribution in [3.05, 3.63) is 72.9 Å². The molecule has 0 aromatic heterocycles. The van der Waals surface area contributed by atoms with Gasteiger partial charge in [-0.05, 0) is 83.1 Å². The van der Waals surface area contributed by atoms with Gasteiger partial charge in [0.25, 0.3) is 0 Å².